The van der Waals surface area contributed by atoms with Crippen LogP contribution in [0.4, 0.5) is 0 Å². The summed E-state index contributed by atoms with van der Waals surface area (Å²) in [6, 6.07) is 17.1. The van der Waals surface area contributed by atoms with Crippen molar-refractivity contribution in [3.05, 3.63) is 71.4 Å². The molecule has 0 aliphatic carbocycles. The molecular formula is C21H23N3O2. The maximum atomic E-state index is 12.0. The maximum absolute atomic E-state index is 12.0. The molecule has 2 N–H and O–H groups in total. The fourth-order valence-corrected chi connectivity index (χ4v) is 3.16. The molecule has 0 aliphatic rings. The molecule has 0 saturated heterocycles. The number of carbonyl (C=O) groups excluding carboxylic acids is 2. The number of rotatable bonds is 6. The van der Waals surface area contributed by atoms with Gasteiger partial charge in [-0.3, -0.25) is 9.59 Å². The van der Waals surface area contributed by atoms with Crippen LogP contribution in [0.2, 0.25) is 0 Å². The van der Waals surface area contributed by atoms with E-state index < -0.39 is 0 Å². The molecule has 1 aromatic heterocycles. The number of amides is 2. The topological polar surface area (TPSA) is 63.1 Å². The number of carbonyl (C=O) groups is 2. The van der Waals surface area contributed by atoms with Crippen LogP contribution in [0.15, 0.2) is 54.6 Å². The first-order valence-corrected chi connectivity index (χ1v) is 8.70. The molecule has 5 nitrogen and oxygen atoms in total. The van der Waals surface area contributed by atoms with Crippen molar-refractivity contribution in [1.82, 2.24) is 15.2 Å². The van der Waals surface area contributed by atoms with Gasteiger partial charge in [0.2, 0.25) is 5.91 Å². The van der Waals surface area contributed by atoms with E-state index in [1.54, 1.807) is 24.3 Å². The van der Waals surface area contributed by atoms with Crippen molar-refractivity contribution < 1.29 is 9.59 Å². The third-order valence-electron chi connectivity index (χ3n) is 4.67. The number of nitrogens with zero attached hydrogens (tertiary/aromatic N) is 1. The number of fused-ring (bicyclic) bond motifs is 1. The largest absolute Gasteiger partial charge is 0.354 e. The fraction of sp³-hybridized carbons (Fsp3) is 0.238. The third kappa shape index (κ3) is 3.77. The predicted octanol–water partition coefficient (Wildman–Crippen LogP) is 2.58. The number of aryl methyl sites for hydroxylation is 1. The minimum absolute atomic E-state index is 0.0255. The van der Waals surface area contributed by atoms with Gasteiger partial charge in [0.05, 0.1) is 6.54 Å². The molecule has 1 heterocycles. The van der Waals surface area contributed by atoms with Crippen molar-refractivity contribution in [3.8, 4) is 0 Å². The Balaban J connectivity index is 1.52. The Bertz CT molecular complexity index is 929. The molecule has 26 heavy (non-hydrogen) atoms. The van der Waals surface area contributed by atoms with Gasteiger partial charge in [0.25, 0.3) is 5.91 Å². The number of hydrogen-bond acceptors (Lipinski definition) is 2. The van der Waals surface area contributed by atoms with Crippen LogP contribution in [0.1, 0.15) is 21.6 Å². The van der Waals surface area contributed by atoms with Crippen LogP contribution >= 0.6 is 0 Å². The number of hydrogen-bond donors (Lipinski definition) is 2. The number of aromatic nitrogens is 1. The molecule has 3 aromatic rings. The van der Waals surface area contributed by atoms with Crippen molar-refractivity contribution >= 4 is 22.7 Å². The van der Waals surface area contributed by atoms with E-state index in [4.69, 9.17) is 0 Å². The Kier molecular flexibility index (Phi) is 5.37. The second-order valence-electron chi connectivity index (χ2n) is 6.29. The Labute approximate surface area is 153 Å². The SMILES string of the molecule is Cc1c(CCNC(=O)CNC(=O)c2ccccc2)c2ccccc2n1C. The summed E-state index contributed by atoms with van der Waals surface area (Å²) in [5.41, 5.74) is 4.20. The highest BCUT2D eigenvalue weighted by Gasteiger charge is 2.12. The van der Waals surface area contributed by atoms with E-state index in [1.165, 1.54) is 22.2 Å². The van der Waals surface area contributed by atoms with Crippen LogP contribution in [0.3, 0.4) is 0 Å². The summed E-state index contributed by atoms with van der Waals surface area (Å²) >= 11 is 0. The van der Waals surface area contributed by atoms with Crippen molar-refractivity contribution in [1.29, 1.82) is 0 Å². The summed E-state index contributed by atoms with van der Waals surface area (Å²) in [7, 11) is 2.05. The summed E-state index contributed by atoms with van der Waals surface area (Å²) in [5, 5.41) is 6.74. The zero-order valence-electron chi connectivity index (χ0n) is 15.1. The predicted molar refractivity (Wildman–Crippen MR) is 103 cm³/mol. The second kappa shape index (κ2) is 7.87. The zero-order chi connectivity index (χ0) is 18.5. The highest BCUT2D eigenvalue weighted by molar-refractivity contribution is 5.96. The van der Waals surface area contributed by atoms with Gasteiger partial charge in [-0.05, 0) is 37.1 Å². The molecule has 2 amide bonds. The van der Waals surface area contributed by atoms with E-state index in [0.717, 1.165) is 6.42 Å². The zero-order valence-corrected chi connectivity index (χ0v) is 15.1. The van der Waals surface area contributed by atoms with E-state index in [9.17, 15) is 9.59 Å². The van der Waals surface area contributed by atoms with Gasteiger partial charge in [0, 0.05) is 35.8 Å². The van der Waals surface area contributed by atoms with E-state index in [0.29, 0.717) is 12.1 Å². The number of benzene rings is 2. The lowest BCUT2D eigenvalue weighted by molar-refractivity contribution is -0.120. The standard InChI is InChI=1S/C21H23N3O2/c1-15-17(18-10-6-7-11-19(18)24(15)2)12-13-22-20(25)14-23-21(26)16-8-4-3-5-9-16/h3-11H,12-14H2,1-2H3,(H,22,25)(H,23,26). The van der Waals surface area contributed by atoms with Crippen molar-refractivity contribution in [3.63, 3.8) is 0 Å². The lowest BCUT2D eigenvalue weighted by Crippen LogP contribution is -2.37. The molecule has 0 bridgehead atoms. The Morgan fingerprint density at radius 1 is 0.962 bits per heavy atom. The van der Waals surface area contributed by atoms with Crippen molar-refractivity contribution in [2.24, 2.45) is 7.05 Å². The number of para-hydroxylation sites is 1. The van der Waals surface area contributed by atoms with Crippen LogP contribution in [-0.4, -0.2) is 29.5 Å². The quantitative estimate of drug-likeness (QED) is 0.718. The molecule has 134 valence electrons. The summed E-state index contributed by atoms with van der Waals surface area (Å²) in [6.07, 6.45) is 0.756. The first kappa shape index (κ1) is 17.7. The fourth-order valence-electron chi connectivity index (χ4n) is 3.16. The summed E-state index contributed by atoms with van der Waals surface area (Å²) in [5.74, 6) is -0.433. The average molecular weight is 349 g/mol. The second-order valence-corrected chi connectivity index (χ2v) is 6.29. The van der Waals surface area contributed by atoms with Crippen LogP contribution in [-0.2, 0) is 18.3 Å². The molecule has 0 radical (unpaired) electrons. The summed E-state index contributed by atoms with van der Waals surface area (Å²) in [4.78, 5) is 23.9. The smallest absolute Gasteiger partial charge is 0.251 e. The molecule has 0 spiro atoms. The monoisotopic (exact) mass is 349 g/mol. The molecule has 2 aromatic carbocycles. The first-order chi connectivity index (χ1) is 12.6. The van der Waals surface area contributed by atoms with Crippen LogP contribution in [0.25, 0.3) is 10.9 Å². The first-order valence-electron chi connectivity index (χ1n) is 8.70. The Hall–Kier alpha value is -3.08. The lowest BCUT2D eigenvalue weighted by atomic mass is 10.1. The molecular weight excluding hydrogens is 326 g/mol. The van der Waals surface area contributed by atoms with Gasteiger partial charge < -0.3 is 15.2 Å². The molecule has 5 heteroatoms. The van der Waals surface area contributed by atoms with E-state index in [1.807, 2.05) is 18.2 Å². The molecule has 0 saturated carbocycles. The van der Waals surface area contributed by atoms with Gasteiger partial charge in [-0.15, -0.1) is 0 Å². The van der Waals surface area contributed by atoms with Gasteiger partial charge in [0.15, 0.2) is 0 Å². The van der Waals surface area contributed by atoms with Crippen LogP contribution in [0, 0.1) is 6.92 Å². The normalized spacial score (nSPS) is 10.7. The van der Waals surface area contributed by atoms with Gasteiger partial charge in [-0.2, -0.15) is 0 Å². The van der Waals surface area contributed by atoms with Crippen molar-refractivity contribution in [2.75, 3.05) is 13.1 Å². The van der Waals surface area contributed by atoms with E-state index in [-0.39, 0.29) is 18.4 Å². The summed E-state index contributed by atoms with van der Waals surface area (Å²) in [6.45, 7) is 2.61. The van der Waals surface area contributed by atoms with Gasteiger partial charge >= 0.3 is 0 Å². The Morgan fingerprint density at radius 3 is 2.42 bits per heavy atom. The molecule has 0 unspecified atom stereocenters. The van der Waals surface area contributed by atoms with Gasteiger partial charge in [-0.1, -0.05) is 36.4 Å². The Morgan fingerprint density at radius 2 is 1.65 bits per heavy atom. The third-order valence-corrected chi connectivity index (χ3v) is 4.67. The molecule has 0 atom stereocenters. The minimum atomic E-state index is -0.245. The van der Waals surface area contributed by atoms with Crippen molar-refractivity contribution in [2.45, 2.75) is 13.3 Å². The molecule has 0 aliphatic heterocycles. The highest BCUT2D eigenvalue weighted by Crippen LogP contribution is 2.24. The van der Waals surface area contributed by atoms with E-state index >= 15 is 0 Å². The van der Waals surface area contributed by atoms with Gasteiger partial charge in [0.1, 0.15) is 0 Å². The van der Waals surface area contributed by atoms with Crippen LogP contribution in [0.5, 0.6) is 0 Å². The van der Waals surface area contributed by atoms with E-state index in [2.05, 4.69) is 41.3 Å². The molecule has 3 rings (SSSR count). The van der Waals surface area contributed by atoms with Gasteiger partial charge in [-0.25, -0.2) is 0 Å². The highest BCUT2D eigenvalue weighted by atomic mass is 16.2. The number of nitrogens with one attached hydrogen (secondary N) is 2. The average Bonchev–Trinajstić information content (AvgIpc) is 2.92. The minimum Gasteiger partial charge on any atom is -0.354 e. The maximum Gasteiger partial charge on any atom is 0.251 e. The summed E-state index contributed by atoms with van der Waals surface area (Å²) < 4.78 is 2.17. The lowest BCUT2D eigenvalue weighted by Gasteiger charge is -2.08. The molecule has 0 fully saturated rings. The van der Waals surface area contributed by atoms with Crippen LogP contribution < -0.4 is 10.6 Å².